The fraction of sp³-hybridized carbons (Fsp3) is 0.0909. The lowest BCUT2D eigenvalue weighted by Gasteiger charge is -2.06. The maximum Gasteiger partial charge on any atom is 0.123 e. The maximum atomic E-state index is 9.75. The van der Waals surface area contributed by atoms with Crippen LogP contribution in [0.5, 0.6) is 11.5 Å². The third kappa shape index (κ3) is 2.01. The molecule has 2 rings (SSSR count). The van der Waals surface area contributed by atoms with E-state index in [1.165, 1.54) is 0 Å². The summed E-state index contributed by atoms with van der Waals surface area (Å²) in [5.41, 5.74) is 1.76. The summed E-state index contributed by atoms with van der Waals surface area (Å²) in [6.45, 7) is 0. The number of benzene rings is 1. The third-order valence-corrected chi connectivity index (χ3v) is 3.81. The van der Waals surface area contributed by atoms with E-state index in [9.17, 15) is 5.11 Å². The van der Waals surface area contributed by atoms with Crippen LogP contribution in [-0.2, 0) is 0 Å². The Morgan fingerprint density at radius 1 is 1.27 bits per heavy atom. The minimum Gasteiger partial charge on any atom is -0.507 e. The Morgan fingerprint density at radius 3 is 2.67 bits per heavy atom. The lowest BCUT2D eigenvalue weighted by Crippen LogP contribution is -1.84. The van der Waals surface area contributed by atoms with Crippen molar-refractivity contribution in [2.45, 2.75) is 0 Å². The van der Waals surface area contributed by atoms with E-state index < -0.39 is 0 Å². The molecule has 1 aromatic carbocycles. The summed E-state index contributed by atoms with van der Waals surface area (Å²) < 4.78 is 6.11. The Bertz CT molecular complexity index is 479. The first-order valence-corrected chi connectivity index (χ1v) is 6.05. The van der Waals surface area contributed by atoms with Crippen LogP contribution in [-0.4, -0.2) is 12.2 Å². The van der Waals surface area contributed by atoms with Gasteiger partial charge in [-0.15, -0.1) is 0 Å². The van der Waals surface area contributed by atoms with Crippen molar-refractivity contribution in [3.8, 4) is 22.6 Å². The molecule has 4 heteroatoms. The number of thiophene rings is 1. The number of ether oxygens (including phenoxy) is 1. The second-order valence-corrected chi connectivity index (χ2v) is 4.61. The van der Waals surface area contributed by atoms with Crippen LogP contribution in [0.1, 0.15) is 0 Å². The van der Waals surface area contributed by atoms with Gasteiger partial charge in [0, 0.05) is 21.0 Å². The van der Waals surface area contributed by atoms with Gasteiger partial charge in [-0.1, -0.05) is 0 Å². The van der Waals surface area contributed by atoms with E-state index in [0.29, 0.717) is 0 Å². The summed E-state index contributed by atoms with van der Waals surface area (Å²) in [6, 6.07) is 5.19. The van der Waals surface area contributed by atoms with Crippen molar-refractivity contribution in [1.29, 1.82) is 0 Å². The molecule has 78 valence electrons. The molecule has 0 saturated carbocycles. The predicted octanol–water partition coefficient (Wildman–Crippen LogP) is 3.89. The highest BCUT2D eigenvalue weighted by molar-refractivity contribution is 9.10. The zero-order valence-corrected chi connectivity index (χ0v) is 10.4. The Morgan fingerprint density at radius 2 is 2.07 bits per heavy atom. The van der Waals surface area contributed by atoms with Crippen molar-refractivity contribution < 1.29 is 9.84 Å². The van der Waals surface area contributed by atoms with E-state index in [-0.39, 0.29) is 5.75 Å². The molecule has 0 radical (unpaired) electrons. The highest BCUT2D eigenvalue weighted by atomic mass is 79.9. The molecule has 0 amide bonds. The number of phenols is 1. The molecule has 0 saturated heterocycles. The van der Waals surface area contributed by atoms with Crippen molar-refractivity contribution in [2.75, 3.05) is 7.11 Å². The van der Waals surface area contributed by atoms with Gasteiger partial charge >= 0.3 is 0 Å². The van der Waals surface area contributed by atoms with Crippen LogP contribution < -0.4 is 4.74 Å². The van der Waals surface area contributed by atoms with Crippen molar-refractivity contribution in [3.63, 3.8) is 0 Å². The van der Waals surface area contributed by atoms with E-state index in [0.717, 1.165) is 21.3 Å². The molecule has 1 heterocycles. The summed E-state index contributed by atoms with van der Waals surface area (Å²) in [6.07, 6.45) is 0. The molecule has 1 N–H and O–H groups in total. The van der Waals surface area contributed by atoms with E-state index in [4.69, 9.17) is 4.74 Å². The average Bonchev–Trinajstić information content (AvgIpc) is 2.65. The molecular weight excluding hydrogens is 276 g/mol. The third-order valence-electron chi connectivity index (χ3n) is 2.11. The van der Waals surface area contributed by atoms with E-state index >= 15 is 0 Å². The smallest absolute Gasteiger partial charge is 0.123 e. The molecule has 0 aliphatic carbocycles. The Kier molecular flexibility index (Phi) is 2.98. The normalized spacial score (nSPS) is 10.3. The number of aromatic hydroxyl groups is 1. The van der Waals surface area contributed by atoms with Crippen LogP contribution in [0, 0.1) is 0 Å². The van der Waals surface area contributed by atoms with Crippen LogP contribution >= 0.6 is 27.3 Å². The molecule has 0 aliphatic rings. The van der Waals surface area contributed by atoms with E-state index in [2.05, 4.69) is 15.9 Å². The SMILES string of the molecule is COc1ccc(O)c(-c2cscc2Br)c1. The predicted molar refractivity (Wildman–Crippen MR) is 65.7 cm³/mol. The molecule has 0 spiro atoms. The van der Waals surface area contributed by atoms with E-state index in [1.54, 1.807) is 30.6 Å². The van der Waals surface area contributed by atoms with Gasteiger partial charge in [0.2, 0.25) is 0 Å². The van der Waals surface area contributed by atoms with Gasteiger partial charge in [0.1, 0.15) is 11.5 Å². The van der Waals surface area contributed by atoms with Gasteiger partial charge in [-0.05, 0) is 39.5 Å². The molecule has 2 nitrogen and oxygen atoms in total. The first kappa shape index (κ1) is 10.5. The highest BCUT2D eigenvalue weighted by Gasteiger charge is 2.09. The number of hydrogen-bond acceptors (Lipinski definition) is 3. The Hall–Kier alpha value is -1.00. The molecule has 2 aromatic rings. The summed E-state index contributed by atoms with van der Waals surface area (Å²) in [5, 5.41) is 13.7. The maximum absolute atomic E-state index is 9.75. The zero-order chi connectivity index (χ0) is 10.8. The Balaban J connectivity index is 2.56. The first-order chi connectivity index (χ1) is 7.22. The standard InChI is InChI=1S/C11H9BrO2S/c1-14-7-2-3-11(13)8(4-7)9-5-15-6-10(9)12/h2-6,13H,1H3. The molecule has 0 atom stereocenters. The van der Waals surface area contributed by atoms with Gasteiger partial charge in [0.05, 0.1) is 7.11 Å². The van der Waals surface area contributed by atoms with Crippen molar-refractivity contribution >= 4 is 27.3 Å². The molecule has 1 aromatic heterocycles. The molecule has 0 bridgehead atoms. The van der Waals surface area contributed by atoms with E-state index in [1.807, 2.05) is 16.8 Å². The topological polar surface area (TPSA) is 29.5 Å². The highest BCUT2D eigenvalue weighted by Crippen LogP contribution is 2.38. The zero-order valence-electron chi connectivity index (χ0n) is 8.03. The van der Waals surface area contributed by atoms with Gasteiger partial charge < -0.3 is 9.84 Å². The summed E-state index contributed by atoms with van der Waals surface area (Å²) in [5.74, 6) is 0.996. The number of methoxy groups -OCH3 is 1. The Labute approximate surface area is 100 Å². The molecule has 0 aliphatic heterocycles. The summed E-state index contributed by atoms with van der Waals surface area (Å²) in [4.78, 5) is 0. The monoisotopic (exact) mass is 284 g/mol. The summed E-state index contributed by atoms with van der Waals surface area (Å²) in [7, 11) is 1.61. The molecule has 15 heavy (non-hydrogen) atoms. The van der Waals surface area contributed by atoms with Crippen molar-refractivity contribution in [2.24, 2.45) is 0 Å². The van der Waals surface area contributed by atoms with Crippen molar-refractivity contribution in [3.05, 3.63) is 33.4 Å². The minimum absolute atomic E-state index is 0.259. The fourth-order valence-electron chi connectivity index (χ4n) is 1.33. The van der Waals surface area contributed by atoms with Crippen LogP contribution in [0.2, 0.25) is 0 Å². The lowest BCUT2D eigenvalue weighted by atomic mass is 10.1. The number of rotatable bonds is 2. The molecule has 0 unspecified atom stereocenters. The molecular formula is C11H9BrO2S. The van der Waals surface area contributed by atoms with Crippen LogP contribution in [0.3, 0.4) is 0 Å². The van der Waals surface area contributed by atoms with Crippen LogP contribution in [0.25, 0.3) is 11.1 Å². The second kappa shape index (κ2) is 4.24. The van der Waals surface area contributed by atoms with Gasteiger partial charge in [-0.25, -0.2) is 0 Å². The van der Waals surface area contributed by atoms with Crippen molar-refractivity contribution in [1.82, 2.24) is 0 Å². The number of phenolic OH excluding ortho intramolecular Hbond substituents is 1. The summed E-state index contributed by atoms with van der Waals surface area (Å²) >= 11 is 5.03. The number of halogens is 1. The average molecular weight is 285 g/mol. The lowest BCUT2D eigenvalue weighted by molar-refractivity contribution is 0.412. The molecule has 0 fully saturated rings. The van der Waals surface area contributed by atoms with Gasteiger partial charge in [0.25, 0.3) is 0 Å². The minimum atomic E-state index is 0.259. The quantitative estimate of drug-likeness (QED) is 0.907. The number of hydrogen-bond donors (Lipinski definition) is 1. The largest absolute Gasteiger partial charge is 0.507 e. The fourth-order valence-corrected chi connectivity index (χ4v) is 2.84. The van der Waals surface area contributed by atoms with Crippen LogP contribution in [0.15, 0.2) is 33.4 Å². The van der Waals surface area contributed by atoms with Gasteiger partial charge in [-0.3, -0.25) is 0 Å². The first-order valence-electron chi connectivity index (χ1n) is 4.31. The van der Waals surface area contributed by atoms with Gasteiger partial charge in [-0.2, -0.15) is 11.3 Å². The van der Waals surface area contributed by atoms with Gasteiger partial charge in [0.15, 0.2) is 0 Å². The second-order valence-electron chi connectivity index (χ2n) is 3.02. The van der Waals surface area contributed by atoms with Crippen LogP contribution in [0.4, 0.5) is 0 Å².